The standard InChI is InChI=1S/C28H43NO11/c1-6-9-13-35-25(32)39-22-12-11-21(15-23(22)40-26(33)36-14-10-7-2)17-28(29,24(30)31)16-20(5)38-27(34)37-18-19(4)8-3/h11-12,15,19-20H,6-10,13-14,16-18,29H2,1-5H3,(H,30,31)/t19?,20-,28+/m0/s1. The number of ether oxygens (including phenoxy) is 6. The number of aliphatic carboxylic acids is 1. The van der Waals surface area contributed by atoms with Crippen molar-refractivity contribution in [1.82, 2.24) is 0 Å². The minimum atomic E-state index is -1.86. The highest BCUT2D eigenvalue weighted by Gasteiger charge is 2.37. The highest BCUT2D eigenvalue weighted by Crippen LogP contribution is 2.31. The van der Waals surface area contributed by atoms with Gasteiger partial charge in [0.05, 0.1) is 19.8 Å². The SMILES string of the molecule is CCCCOC(=O)Oc1ccc(C[C@](N)(C[C@H](C)OC(=O)OCC(C)CC)C(=O)O)cc1OC(=O)OCCCC. The van der Waals surface area contributed by atoms with Crippen LogP contribution in [0.5, 0.6) is 11.5 Å². The molecule has 0 aromatic heterocycles. The molecule has 12 nitrogen and oxygen atoms in total. The number of carbonyl (C=O) groups is 4. The summed E-state index contributed by atoms with van der Waals surface area (Å²) in [5.41, 5.74) is 4.73. The van der Waals surface area contributed by atoms with Crippen molar-refractivity contribution in [2.45, 2.75) is 91.2 Å². The van der Waals surface area contributed by atoms with Gasteiger partial charge in [0.25, 0.3) is 0 Å². The van der Waals surface area contributed by atoms with Crippen molar-refractivity contribution in [3.8, 4) is 11.5 Å². The molecule has 0 fully saturated rings. The molecule has 0 heterocycles. The fraction of sp³-hybridized carbons (Fsp3) is 0.643. The summed E-state index contributed by atoms with van der Waals surface area (Å²) in [6.45, 7) is 9.72. The number of hydrogen-bond acceptors (Lipinski definition) is 11. The van der Waals surface area contributed by atoms with Crippen LogP contribution < -0.4 is 15.2 Å². The lowest BCUT2D eigenvalue weighted by Gasteiger charge is -2.28. The summed E-state index contributed by atoms with van der Waals surface area (Å²) in [4.78, 5) is 48.4. The molecule has 0 aliphatic carbocycles. The molecule has 0 aliphatic heterocycles. The molecule has 226 valence electrons. The summed E-state index contributed by atoms with van der Waals surface area (Å²) in [6, 6.07) is 4.13. The summed E-state index contributed by atoms with van der Waals surface area (Å²) in [5.74, 6) is -1.49. The van der Waals surface area contributed by atoms with Crippen molar-refractivity contribution in [1.29, 1.82) is 0 Å². The third kappa shape index (κ3) is 13.0. The van der Waals surface area contributed by atoms with Gasteiger partial charge < -0.3 is 39.3 Å². The van der Waals surface area contributed by atoms with Gasteiger partial charge in [-0.15, -0.1) is 0 Å². The fourth-order valence-electron chi connectivity index (χ4n) is 3.35. The number of rotatable bonds is 17. The highest BCUT2D eigenvalue weighted by molar-refractivity contribution is 5.79. The maximum absolute atomic E-state index is 12.2. The van der Waals surface area contributed by atoms with E-state index in [4.69, 9.17) is 34.2 Å². The van der Waals surface area contributed by atoms with Crippen LogP contribution in [0.2, 0.25) is 0 Å². The minimum Gasteiger partial charge on any atom is -0.480 e. The number of carboxylic acid groups (broad SMARTS) is 1. The average molecular weight is 570 g/mol. The maximum Gasteiger partial charge on any atom is 0.513 e. The molecule has 0 bridgehead atoms. The van der Waals surface area contributed by atoms with Crippen molar-refractivity contribution in [3.63, 3.8) is 0 Å². The van der Waals surface area contributed by atoms with Crippen molar-refractivity contribution in [2.75, 3.05) is 19.8 Å². The normalized spacial score (nSPS) is 13.8. The van der Waals surface area contributed by atoms with Gasteiger partial charge in [-0.3, -0.25) is 4.79 Å². The summed E-state index contributed by atoms with van der Waals surface area (Å²) in [5, 5.41) is 9.91. The number of carboxylic acids is 1. The third-order valence-corrected chi connectivity index (χ3v) is 5.91. The van der Waals surface area contributed by atoms with Gasteiger partial charge >= 0.3 is 24.4 Å². The maximum atomic E-state index is 12.2. The van der Waals surface area contributed by atoms with Crippen LogP contribution in [-0.2, 0) is 30.2 Å². The molecule has 0 radical (unpaired) electrons. The first-order valence-electron chi connectivity index (χ1n) is 13.6. The molecule has 1 unspecified atom stereocenters. The van der Waals surface area contributed by atoms with Gasteiger partial charge in [-0.05, 0) is 43.4 Å². The molecule has 0 spiro atoms. The fourth-order valence-corrected chi connectivity index (χ4v) is 3.35. The van der Waals surface area contributed by atoms with Crippen LogP contribution in [0, 0.1) is 5.92 Å². The van der Waals surface area contributed by atoms with Gasteiger partial charge in [-0.2, -0.15) is 0 Å². The molecule has 12 heteroatoms. The van der Waals surface area contributed by atoms with Gasteiger partial charge in [-0.25, -0.2) is 14.4 Å². The predicted molar refractivity (Wildman–Crippen MR) is 144 cm³/mol. The second-order valence-corrected chi connectivity index (χ2v) is 9.73. The van der Waals surface area contributed by atoms with E-state index < -0.39 is 36.1 Å². The molecule has 3 N–H and O–H groups in total. The first-order chi connectivity index (χ1) is 18.9. The number of hydrogen-bond donors (Lipinski definition) is 2. The Morgan fingerprint density at radius 1 is 0.875 bits per heavy atom. The van der Waals surface area contributed by atoms with Crippen LogP contribution >= 0.6 is 0 Å². The Kier molecular flexibility index (Phi) is 15.5. The molecule has 0 saturated heterocycles. The van der Waals surface area contributed by atoms with Crippen molar-refractivity contribution < 1.29 is 52.7 Å². The number of nitrogens with two attached hydrogens (primary N) is 1. The molecule has 40 heavy (non-hydrogen) atoms. The second-order valence-electron chi connectivity index (χ2n) is 9.73. The van der Waals surface area contributed by atoms with Crippen LogP contribution in [0.15, 0.2) is 18.2 Å². The Hall–Kier alpha value is -3.54. The Balaban J connectivity index is 3.06. The van der Waals surface area contributed by atoms with E-state index in [2.05, 4.69) is 0 Å². The van der Waals surface area contributed by atoms with E-state index in [-0.39, 0.29) is 50.1 Å². The minimum absolute atomic E-state index is 0.128. The van der Waals surface area contributed by atoms with Crippen LogP contribution in [0.4, 0.5) is 14.4 Å². The van der Waals surface area contributed by atoms with E-state index in [0.717, 1.165) is 19.3 Å². The third-order valence-electron chi connectivity index (χ3n) is 5.91. The molecule has 1 aromatic carbocycles. The second kappa shape index (κ2) is 17.9. The smallest absolute Gasteiger partial charge is 0.480 e. The molecule has 3 atom stereocenters. The quantitative estimate of drug-likeness (QED) is 0.103. The average Bonchev–Trinajstić information content (AvgIpc) is 2.88. The largest absolute Gasteiger partial charge is 0.513 e. The van der Waals surface area contributed by atoms with Gasteiger partial charge in [0.1, 0.15) is 11.6 Å². The first-order valence-corrected chi connectivity index (χ1v) is 13.6. The molecule has 0 amide bonds. The highest BCUT2D eigenvalue weighted by atomic mass is 16.7. The lowest BCUT2D eigenvalue weighted by molar-refractivity contribution is -0.144. The van der Waals surface area contributed by atoms with Crippen molar-refractivity contribution in [3.05, 3.63) is 23.8 Å². The van der Waals surface area contributed by atoms with Gasteiger partial charge in [0.2, 0.25) is 0 Å². The lowest BCUT2D eigenvalue weighted by atomic mass is 9.86. The topological polar surface area (TPSA) is 170 Å². The monoisotopic (exact) mass is 569 g/mol. The molecule has 1 rings (SSSR count). The van der Waals surface area contributed by atoms with Gasteiger partial charge in [0.15, 0.2) is 11.5 Å². The zero-order valence-corrected chi connectivity index (χ0v) is 24.1. The summed E-state index contributed by atoms with van der Waals surface area (Å²) in [6.07, 6.45) is -0.576. The summed E-state index contributed by atoms with van der Waals surface area (Å²) in [7, 11) is 0. The van der Waals surface area contributed by atoms with E-state index in [9.17, 15) is 24.3 Å². The zero-order valence-electron chi connectivity index (χ0n) is 24.1. The molecule has 1 aromatic rings. The van der Waals surface area contributed by atoms with E-state index in [1.807, 2.05) is 27.7 Å². The van der Waals surface area contributed by atoms with Crippen molar-refractivity contribution >= 4 is 24.4 Å². The Morgan fingerprint density at radius 2 is 1.45 bits per heavy atom. The number of benzene rings is 1. The summed E-state index contributed by atoms with van der Waals surface area (Å²) < 4.78 is 30.7. The molecule has 0 aliphatic rings. The Bertz CT molecular complexity index is 968. The number of carbonyl (C=O) groups excluding carboxylic acids is 3. The van der Waals surface area contributed by atoms with E-state index in [1.54, 1.807) is 0 Å². The Labute approximate surface area is 235 Å². The first kappa shape index (κ1) is 34.5. The van der Waals surface area contributed by atoms with E-state index in [1.165, 1.54) is 25.1 Å². The van der Waals surface area contributed by atoms with Crippen molar-refractivity contribution in [2.24, 2.45) is 11.7 Å². The van der Waals surface area contributed by atoms with Crippen LogP contribution in [0.3, 0.4) is 0 Å². The van der Waals surface area contributed by atoms with E-state index >= 15 is 0 Å². The lowest BCUT2D eigenvalue weighted by Crippen LogP contribution is -2.52. The molecule has 0 saturated carbocycles. The van der Waals surface area contributed by atoms with Gasteiger partial charge in [0, 0.05) is 12.8 Å². The molecular weight excluding hydrogens is 526 g/mol. The van der Waals surface area contributed by atoms with E-state index in [0.29, 0.717) is 18.4 Å². The van der Waals surface area contributed by atoms with Crippen LogP contribution in [-0.4, -0.2) is 61.0 Å². The number of unbranched alkanes of at least 4 members (excludes halogenated alkanes) is 2. The summed E-state index contributed by atoms with van der Waals surface area (Å²) >= 11 is 0. The van der Waals surface area contributed by atoms with Crippen LogP contribution in [0.25, 0.3) is 0 Å². The van der Waals surface area contributed by atoms with Gasteiger partial charge in [-0.1, -0.05) is 53.0 Å². The van der Waals surface area contributed by atoms with Crippen LogP contribution in [0.1, 0.15) is 78.7 Å². The zero-order chi connectivity index (χ0) is 30.1. The molecular formula is C28H43NO11. The Morgan fingerprint density at radius 3 is 1.98 bits per heavy atom. The predicted octanol–water partition coefficient (Wildman–Crippen LogP) is 5.62.